The van der Waals surface area contributed by atoms with Gasteiger partial charge in [-0.3, -0.25) is 0 Å². The minimum Gasteiger partial charge on any atom is -0.373 e. The second kappa shape index (κ2) is 6.52. The predicted molar refractivity (Wildman–Crippen MR) is 77.7 cm³/mol. The topological polar surface area (TPSA) is 58.6 Å². The van der Waals surface area contributed by atoms with Crippen LogP contribution < -0.4 is 5.32 Å². The molecule has 2 atom stereocenters. The smallest absolute Gasteiger partial charge is 0.215 e. The number of nitrogens with one attached hydrogen (secondary N) is 1. The molecular weight excluding hydrogens is 264 g/mol. The lowest BCUT2D eigenvalue weighted by Crippen LogP contribution is -2.49. The van der Waals surface area contributed by atoms with E-state index in [1.54, 1.807) is 4.31 Å². The van der Waals surface area contributed by atoms with Gasteiger partial charge in [-0.25, -0.2) is 8.42 Å². The fourth-order valence-corrected chi connectivity index (χ4v) is 3.69. The zero-order valence-corrected chi connectivity index (χ0v) is 13.6. The molecule has 0 radical (unpaired) electrons. The molecule has 0 aliphatic carbocycles. The third-order valence-corrected chi connectivity index (χ3v) is 4.78. The van der Waals surface area contributed by atoms with Crippen LogP contribution in [0.3, 0.4) is 0 Å². The normalized spacial score (nSPS) is 26.6. The van der Waals surface area contributed by atoms with Crippen molar-refractivity contribution in [3.8, 4) is 0 Å². The minimum absolute atomic E-state index is 0.0268. The van der Waals surface area contributed by atoms with Gasteiger partial charge in [-0.05, 0) is 19.3 Å². The van der Waals surface area contributed by atoms with Crippen molar-refractivity contribution in [2.45, 2.75) is 46.8 Å². The first-order valence-electron chi connectivity index (χ1n) is 6.94. The van der Waals surface area contributed by atoms with Crippen LogP contribution in [-0.2, 0) is 14.8 Å². The third-order valence-electron chi connectivity index (χ3n) is 2.97. The molecule has 1 heterocycles. The van der Waals surface area contributed by atoms with E-state index < -0.39 is 10.0 Å². The van der Waals surface area contributed by atoms with Gasteiger partial charge in [0.15, 0.2) is 0 Å². The maximum atomic E-state index is 12.2. The van der Waals surface area contributed by atoms with E-state index in [9.17, 15) is 8.42 Å². The quantitative estimate of drug-likeness (QED) is 0.770. The van der Waals surface area contributed by atoms with Gasteiger partial charge in [-0.2, -0.15) is 4.31 Å². The summed E-state index contributed by atoms with van der Waals surface area (Å²) in [4.78, 5) is 0. The largest absolute Gasteiger partial charge is 0.373 e. The molecule has 0 saturated carbocycles. The SMILES string of the molecule is C[C@H]1CN(S(=O)(=O)CCNCC(C)(C)C)C[C@H](C)O1. The molecule has 0 spiro atoms. The standard InChI is InChI=1S/C13H28N2O3S/c1-11-8-15(9-12(2)18-11)19(16,17)7-6-14-10-13(3,4)5/h11-12,14H,6-10H2,1-5H3/t11-,12-/m0/s1. The Bertz CT molecular complexity index is 366. The first-order chi connectivity index (χ1) is 8.60. The molecule has 1 saturated heterocycles. The van der Waals surface area contributed by atoms with Crippen LogP contribution in [0.4, 0.5) is 0 Å². The lowest BCUT2D eigenvalue weighted by molar-refractivity contribution is -0.0440. The van der Waals surface area contributed by atoms with Crippen LogP contribution in [0, 0.1) is 5.41 Å². The van der Waals surface area contributed by atoms with Crippen molar-refractivity contribution in [2.75, 3.05) is 31.9 Å². The molecular formula is C13H28N2O3S. The zero-order chi connectivity index (χ0) is 14.7. The summed E-state index contributed by atoms with van der Waals surface area (Å²) in [5, 5.41) is 3.21. The highest BCUT2D eigenvalue weighted by molar-refractivity contribution is 7.89. The highest BCUT2D eigenvalue weighted by Gasteiger charge is 2.30. The Morgan fingerprint density at radius 3 is 2.21 bits per heavy atom. The molecule has 0 aromatic rings. The Labute approximate surface area is 117 Å². The highest BCUT2D eigenvalue weighted by Crippen LogP contribution is 2.15. The molecule has 0 aromatic heterocycles. The average molecular weight is 292 g/mol. The van der Waals surface area contributed by atoms with E-state index in [-0.39, 0.29) is 23.4 Å². The van der Waals surface area contributed by atoms with Gasteiger partial charge < -0.3 is 10.1 Å². The van der Waals surface area contributed by atoms with Gasteiger partial charge in [0.25, 0.3) is 0 Å². The van der Waals surface area contributed by atoms with Gasteiger partial charge in [-0.15, -0.1) is 0 Å². The van der Waals surface area contributed by atoms with Crippen molar-refractivity contribution >= 4 is 10.0 Å². The van der Waals surface area contributed by atoms with Crippen LogP contribution in [0.5, 0.6) is 0 Å². The van der Waals surface area contributed by atoms with Crippen LogP contribution >= 0.6 is 0 Å². The second-order valence-corrected chi connectivity index (χ2v) is 8.72. The number of sulfonamides is 1. The third kappa shape index (κ3) is 6.21. The first-order valence-corrected chi connectivity index (χ1v) is 8.55. The number of ether oxygens (including phenoxy) is 1. The minimum atomic E-state index is -3.18. The lowest BCUT2D eigenvalue weighted by Gasteiger charge is -2.34. The van der Waals surface area contributed by atoms with Crippen molar-refractivity contribution in [1.82, 2.24) is 9.62 Å². The summed E-state index contributed by atoms with van der Waals surface area (Å²) in [6, 6.07) is 0. The van der Waals surface area contributed by atoms with E-state index >= 15 is 0 Å². The Morgan fingerprint density at radius 1 is 1.21 bits per heavy atom. The van der Waals surface area contributed by atoms with E-state index in [4.69, 9.17) is 4.74 Å². The molecule has 5 nitrogen and oxygen atoms in total. The highest BCUT2D eigenvalue weighted by atomic mass is 32.2. The first kappa shape index (κ1) is 16.9. The van der Waals surface area contributed by atoms with Crippen molar-refractivity contribution in [3.05, 3.63) is 0 Å². The molecule has 0 aromatic carbocycles. The summed E-state index contributed by atoms with van der Waals surface area (Å²) in [6.45, 7) is 12.4. The molecule has 0 amide bonds. The van der Waals surface area contributed by atoms with Gasteiger partial charge >= 0.3 is 0 Å². The molecule has 1 aliphatic rings. The molecule has 0 bridgehead atoms. The predicted octanol–water partition coefficient (Wildman–Crippen LogP) is 1.06. The van der Waals surface area contributed by atoms with Crippen molar-refractivity contribution in [1.29, 1.82) is 0 Å². The summed E-state index contributed by atoms with van der Waals surface area (Å²) in [5.74, 6) is 0.155. The Hall–Kier alpha value is -0.170. The van der Waals surface area contributed by atoms with Crippen LogP contribution in [-0.4, -0.2) is 56.9 Å². The summed E-state index contributed by atoms with van der Waals surface area (Å²) in [6.07, 6.45) is -0.0536. The Kier molecular flexibility index (Phi) is 5.79. The molecule has 1 fully saturated rings. The molecule has 114 valence electrons. The number of rotatable bonds is 5. The van der Waals surface area contributed by atoms with E-state index in [0.29, 0.717) is 19.6 Å². The fourth-order valence-electron chi connectivity index (χ4n) is 2.15. The summed E-state index contributed by atoms with van der Waals surface area (Å²) < 4.78 is 31.6. The summed E-state index contributed by atoms with van der Waals surface area (Å²) >= 11 is 0. The van der Waals surface area contributed by atoms with Crippen molar-refractivity contribution in [2.24, 2.45) is 5.41 Å². The maximum Gasteiger partial charge on any atom is 0.215 e. The molecule has 1 N–H and O–H groups in total. The lowest BCUT2D eigenvalue weighted by atomic mass is 9.97. The van der Waals surface area contributed by atoms with Crippen LogP contribution in [0.2, 0.25) is 0 Å². The molecule has 1 rings (SSSR count). The Balaban J connectivity index is 2.43. The van der Waals surface area contributed by atoms with Crippen LogP contribution in [0.15, 0.2) is 0 Å². The van der Waals surface area contributed by atoms with Crippen molar-refractivity contribution in [3.63, 3.8) is 0 Å². The van der Waals surface area contributed by atoms with Crippen molar-refractivity contribution < 1.29 is 13.2 Å². The van der Waals surface area contributed by atoms with Crippen LogP contribution in [0.1, 0.15) is 34.6 Å². The molecule has 6 heteroatoms. The van der Waals surface area contributed by atoms with Gasteiger partial charge in [0.1, 0.15) is 0 Å². The van der Waals surface area contributed by atoms with Crippen LogP contribution in [0.25, 0.3) is 0 Å². The van der Waals surface area contributed by atoms with E-state index in [1.807, 2.05) is 13.8 Å². The van der Waals surface area contributed by atoms with Gasteiger partial charge in [-0.1, -0.05) is 20.8 Å². The van der Waals surface area contributed by atoms with Gasteiger partial charge in [0.2, 0.25) is 10.0 Å². The summed E-state index contributed by atoms with van der Waals surface area (Å²) in [7, 11) is -3.18. The monoisotopic (exact) mass is 292 g/mol. The Morgan fingerprint density at radius 2 is 1.74 bits per heavy atom. The van der Waals surface area contributed by atoms with E-state index in [0.717, 1.165) is 6.54 Å². The average Bonchev–Trinajstić information content (AvgIpc) is 2.22. The van der Waals surface area contributed by atoms with E-state index in [1.165, 1.54) is 0 Å². The number of morpholine rings is 1. The molecule has 0 unspecified atom stereocenters. The number of hydrogen-bond acceptors (Lipinski definition) is 4. The fraction of sp³-hybridized carbons (Fsp3) is 1.00. The maximum absolute atomic E-state index is 12.2. The number of hydrogen-bond donors (Lipinski definition) is 1. The molecule has 19 heavy (non-hydrogen) atoms. The van der Waals surface area contributed by atoms with E-state index in [2.05, 4.69) is 26.1 Å². The second-order valence-electron chi connectivity index (χ2n) is 6.63. The zero-order valence-electron chi connectivity index (χ0n) is 12.8. The summed E-state index contributed by atoms with van der Waals surface area (Å²) in [5.41, 5.74) is 0.172. The van der Waals surface area contributed by atoms with Gasteiger partial charge in [0.05, 0.1) is 18.0 Å². The number of nitrogens with zero attached hydrogens (tertiary/aromatic N) is 1. The van der Waals surface area contributed by atoms with Gasteiger partial charge in [0, 0.05) is 26.2 Å². The molecule has 1 aliphatic heterocycles.